The van der Waals surface area contributed by atoms with E-state index < -0.39 is 16.8 Å². The number of rotatable bonds is 5. The summed E-state index contributed by atoms with van der Waals surface area (Å²) in [6, 6.07) is 6.50. The third kappa shape index (κ3) is 3.60. The van der Waals surface area contributed by atoms with Crippen LogP contribution >= 0.6 is 11.3 Å². The van der Waals surface area contributed by atoms with E-state index in [2.05, 4.69) is 24.5 Å². The minimum atomic E-state index is -0.427. The van der Waals surface area contributed by atoms with Crippen LogP contribution in [-0.4, -0.2) is 18.0 Å². The summed E-state index contributed by atoms with van der Waals surface area (Å²) in [7, 11) is 1.35. The van der Waals surface area contributed by atoms with E-state index in [0.717, 1.165) is 28.1 Å². The van der Waals surface area contributed by atoms with Crippen LogP contribution in [0.25, 0.3) is 0 Å². The van der Waals surface area contributed by atoms with Gasteiger partial charge in [0.2, 0.25) is 0 Å². The van der Waals surface area contributed by atoms with Gasteiger partial charge in [-0.25, -0.2) is 4.79 Å². The van der Waals surface area contributed by atoms with Crippen LogP contribution in [-0.2, 0) is 16.0 Å². The van der Waals surface area contributed by atoms with Crippen molar-refractivity contribution in [3.63, 3.8) is 0 Å². The number of thiophene rings is 1. The first kappa shape index (κ1) is 19.1. The molecule has 0 amide bonds. The van der Waals surface area contributed by atoms with E-state index in [0.29, 0.717) is 17.2 Å². The van der Waals surface area contributed by atoms with E-state index in [4.69, 9.17) is 4.74 Å². The maximum atomic E-state index is 12.6. The number of nitro groups is 1. The second-order valence-electron chi connectivity index (χ2n) is 7.04. The Hall–Kier alpha value is -2.67. The minimum Gasteiger partial charge on any atom is -0.466 e. The number of anilines is 1. The lowest BCUT2D eigenvalue weighted by molar-refractivity contribution is -0.384. The molecule has 0 aliphatic carbocycles. The highest BCUT2D eigenvalue weighted by molar-refractivity contribution is 7.14. The Morgan fingerprint density at radius 2 is 2.15 bits per heavy atom. The number of benzene rings is 1. The number of allylic oxidation sites excluding steroid dienone is 1. The van der Waals surface area contributed by atoms with Gasteiger partial charge in [0.05, 0.1) is 22.6 Å². The van der Waals surface area contributed by atoms with Gasteiger partial charge < -0.3 is 10.1 Å². The van der Waals surface area contributed by atoms with Crippen molar-refractivity contribution in [2.45, 2.75) is 33.1 Å². The van der Waals surface area contributed by atoms with Crippen LogP contribution in [0.5, 0.6) is 0 Å². The number of carbonyl (C=O) groups excluding carboxylic acids is 1. The summed E-state index contributed by atoms with van der Waals surface area (Å²) in [5, 5.41) is 17.7. The van der Waals surface area contributed by atoms with Gasteiger partial charge in [0.15, 0.2) is 0 Å². The molecular weight excluding hydrogens is 364 g/mol. The number of non-ortho nitro benzene ring substituents is 1. The summed E-state index contributed by atoms with van der Waals surface area (Å²) >= 11 is 1.60. The summed E-state index contributed by atoms with van der Waals surface area (Å²) in [4.78, 5) is 23.5. The molecule has 1 aliphatic heterocycles. The zero-order valence-electron chi connectivity index (χ0n) is 15.7. The Labute approximate surface area is 162 Å². The Morgan fingerprint density at radius 1 is 1.41 bits per heavy atom. The Bertz CT molecular complexity index is 930. The number of ether oxygens (including phenoxy) is 1. The predicted octanol–water partition coefficient (Wildman–Crippen LogP) is 4.86. The number of methoxy groups -OCH3 is 1. The molecule has 6 nitrogen and oxygen atoms in total. The van der Waals surface area contributed by atoms with Gasteiger partial charge in [-0.1, -0.05) is 26.0 Å². The standard InChI is InChI=1S/C20H22N2O4S/c1-11(2)8-14-10-27-19-18(14)17(16(12(3)21-19)20(23)26-4)13-6-5-7-15(9-13)22(24)25/h5-7,9-11,17,21H,8H2,1-4H3/t17-/m1/s1. The number of nitrogens with one attached hydrogen (secondary N) is 1. The monoisotopic (exact) mass is 386 g/mol. The van der Waals surface area contributed by atoms with Gasteiger partial charge >= 0.3 is 5.97 Å². The molecule has 2 aromatic rings. The molecule has 7 heteroatoms. The summed E-state index contributed by atoms with van der Waals surface area (Å²) < 4.78 is 5.03. The van der Waals surface area contributed by atoms with Crippen molar-refractivity contribution in [2.24, 2.45) is 5.92 Å². The number of carbonyl (C=O) groups is 1. The molecule has 0 saturated carbocycles. The van der Waals surface area contributed by atoms with E-state index in [1.807, 2.05) is 13.0 Å². The van der Waals surface area contributed by atoms with Gasteiger partial charge in [-0.15, -0.1) is 11.3 Å². The first-order valence-electron chi connectivity index (χ1n) is 8.74. The smallest absolute Gasteiger partial charge is 0.336 e. The van der Waals surface area contributed by atoms with Crippen molar-refractivity contribution >= 4 is 28.0 Å². The first-order valence-corrected chi connectivity index (χ1v) is 9.62. The number of fused-ring (bicyclic) bond motifs is 1. The zero-order valence-corrected chi connectivity index (χ0v) is 16.6. The highest BCUT2D eigenvalue weighted by Gasteiger charge is 2.36. The van der Waals surface area contributed by atoms with Crippen molar-refractivity contribution in [3.05, 3.63) is 67.7 Å². The molecule has 2 heterocycles. The molecule has 0 radical (unpaired) electrons. The average Bonchev–Trinajstić information content (AvgIpc) is 3.01. The molecule has 0 bridgehead atoms. The third-order valence-corrected chi connectivity index (χ3v) is 5.60. The largest absolute Gasteiger partial charge is 0.466 e. The Kier molecular flexibility index (Phi) is 5.32. The first-order chi connectivity index (χ1) is 12.8. The molecule has 0 unspecified atom stereocenters. The molecule has 1 N–H and O–H groups in total. The van der Waals surface area contributed by atoms with Crippen LogP contribution in [0.3, 0.4) is 0 Å². The van der Waals surface area contributed by atoms with Crippen molar-refractivity contribution in [3.8, 4) is 0 Å². The SMILES string of the molecule is COC(=O)C1=C(C)Nc2scc(CC(C)C)c2[C@@H]1c1cccc([N+](=O)[O-])c1. The van der Waals surface area contributed by atoms with Gasteiger partial charge in [0, 0.05) is 29.3 Å². The normalized spacial score (nSPS) is 16.1. The summed E-state index contributed by atoms with van der Waals surface area (Å²) in [5.41, 5.74) is 4.10. The molecule has 3 rings (SSSR count). The maximum absolute atomic E-state index is 12.6. The van der Waals surface area contributed by atoms with Gasteiger partial charge in [-0.3, -0.25) is 10.1 Å². The van der Waals surface area contributed by atoms with Crippen LogP contribution in [0.4, 0.5) is 10.7 Å². The van der Waals surface area contributed by atoms with Crippen molar-refractivity contribution in [1.82, 2.24) is 0 Å². The quantitative estimate of drug-likeness (QED) is 0.451. The van der Waals surface area contributed by atoms with E-state index in [-0.39, 0.29) is 5.69 Å². The minimum absolute atomic E-state index is 0.00934. The fraction of sp³-hybridized carbons (Fsp3) is 0.350. The number of hydrogen-bond acceptors (Lipinski definition) is 6. The molecule has 27 heavy (non-hydrogen) atoms. The van der Waals surface area contributed by atoms with E-state index in [1.165, 1.54) is 13.2 Å². The van der Waals surface area contributed by atoms with Crippen molar-refractivity contribution in [2.75, 3.05) is 12.4 Å². The molecular formula is C20H22N2O4S. The second-order valence-corrected chi connectivity index (χ2v) is 7.92. The molecule has 0 spiro atoms. The molecule has 142 valence electrons. The maximum Gasteiger partial charge on any atom is 0.336 e. The van der Waals surface area contributed by atoms with Gasteiger partial charge in [0.1, 0.15) is 0 Å². The topological polar surface area (TPSA) is 81.5 Å². The molecule has 1 aromatic heterocycles. The molecule has 1 aliphatic rings. The lowest BCUT2D eigenvalue weighted by Crippen LogP contribution is -2.24. The van der Waals surface area contributed by atoms with Gasteiger partial charge in [-0.05, 0) is 35.8 Å². The van der Waals surface area contributed by atoms with Crippen LogP contribution in [0.15, 0.2) is 40.9 Å². The van der Waals surface area contributed by atoms with Crippen LogP contribution in [0.2, 0.25) is 0 Å². The van der Waals surface area contributed by atoms with Crippen LogP contribution in [0.1, 0.15) is 43.4 Å². The summed E-state index contributed by atoms with van der Waals surface area (Å²) in [5.74, 6) is -0.375. The highest BCUT2D eigenvalue weighted by Crippen LogP contribution is 2.47. The molecule has 1 aromatic carbocycles. The zero-order chi connectivity index (χ0) is 19.7. The summed E-state index contributed by atoms with van der Waals surface area (Å²) in [6.07, 6.45) is 0.868. The summed E-state index contributed by atoms with van der Waals surface area (Å²) in [6.45, 7) is 6.12. The number of nitrogens with zero attached hydrogens (tertiary/aromatic N) is 1. The molecule has 1 atom stereocenters. The highest BCUT2D eigenvalue weighted by atomic mass is 32.1. The Balaban J connectivity index is 2.23. The lowest BCUT2D eigenvalue weighted by Gasteiger charge is -2.29. The fourth-order valence-electron chi connectivity index (χ4n) is 3.54. The van der Waals surface area contributed by atoms with E-state index in [9.17, 15) is 14.9 Å². The van der Waals surface area contributed by atoms with Gasteiger partial charge in [-0.2, -0.15) is 0 Å². The fourth-order valence-corrected chi connectivity index (χ4v) is 4.62. The van der Waals surface area contributed by atoms with E-state index in [1.54, 1.807) is 23.5 Å². The molecule has 0 saturated heterocycles. The van der Waals surface area contributed by atoms with Crippen LogP contribution < -0.4 is 5.32 Å². The van der Waals surface area contributed by atoms with Crippen LogP contribution in [0, 0.1) is 16.0 Å². The number of esters is 1. The molecule has 0 fully saturated rings. The number of hydrogen-bond donors (Lipinski definition) is 1. The second kappa shape index (κ2) is 7.52. The van der Waals surface area contributed by atoms with E-state index >= 15 is 0 Å². The van der Waals surface area contributed by atoms with Crippen molar-refractivity contribution < 1.29 is 14.5 Å². The third-order valence-electron chi connectivity index (χ3n) is 4.64. The predicted molar refractivity (Wildman–Crippen MR) is 106 cm³/mol. The Morgan fingerprint density at radius 3 is 2.78 bits per heavy atom. The van der Waals surface area contributed by atoms with Crippen molar-refractivity contribution in [1.29, 1.82) is 0 Å². The lowest BCUT2D eigenvalue weighted by atomic mass is 9.80. The average molecular weight is 386 g/mol. The van der Waals surface area contributed by atoms with Gasteiger partial charge in [0.25, 0.3) is 5.69 Å². The number of nitro benzene ring substituents is 1.